The summed E-state index contributed by atoms with van der Waals surface area (Å²) in [5, 5.41) is 36.0. The van der Waals surface area contributed by atoms with Crippen molar-refractivity contribution in [2.75, 3.05) is 33.2 Å². The lowest BCUT2D eigenvalue weighted by Crippen LogP contribution is -2.21. The molecule has 4 N–H and O–H groups in total. The van der Waals surface area contributed by atoms with E-state index in [9.17, 15) is 10.2 Å². The normalized spacial score (nSPS) is 13.1. The van der Waals surface area contributed by atoms with Crippen LogP contribution in [0, 0.1) is 0 Å². The summed E-state index contributed by atoms with van der Waals surface area (Å²) < 4.78 is 21.6. The molecule has 0 aliphatic rings. The molecule has 0 aliphatic heterocycles. The van der Waals surface area contributed by atoms with Gasteiger partial charge in [0.25, 0.3) is 0 Å². The van der Waals surface area contributed by atoms with Crippen LogP contribution in [-0.4, -0.2) is 65.9 Å². The molecule has 0 radical (unpaired) electrons. The fourth-order valence-corrected chi connectivity index (χ4v) is 2.23. The summed E-state index contributed by atoms with van der Waals surface area (Å²) in [5.74, 6) is 1.21. The number of rotatable bonds is 14. The second-order valence-corrected chi connectivity index (χ2v) is 6.40. The van der Waals surface area contributed by atoms with Crippen molar-refractivity contribution in [3.8, 4) is 11.5 Å². The van der Waals surface area contributed by atoms with Crippen molar-refractivity contribution in [3.63, 3.8) is 0 Å². The predicted molar refractivity (Wildman–Crippen MR) is 105 cm³/mol. The maximum atomic E-state index is 9.26. The zero-order valence-electron chi connectivity index (χ0n) is 16.1. The minimum atomic E-state index is -0.891. The third-order valence-corrected chi connectivity index (χ3v) is 3.86. The summed E-state index contributed by atoms with van der Waals surface area (Å²) in [4.78, 5) is 0. The Bertz CT molecular complexity index is 615. The number of hydrogen-bond acceptors (Lipinski definition) is 8. The standard InChI is InChI=1S/C21H28O8/c22-9-18(24)13-28-20-5-1-16(2-6-20)11-26-15-27-12-17-3-7-21(8-4-17)29-14-19(25)10-23/h1-8,18-19,22-25H,9-15H2. The molecule has 0 saturated carbocycles. The SMILES string of the molecule is OCC(O)COc1ccc(COCOCc2ccc(OCC(O)CO)cc2)cc1. The molecule has 29 heavy (non-hydrogen) atoms. The van der Waals surface area contributed by atoms with Gasteiger partial charge in [0.05, 0.1) is 26.4 Å². The first-order valence-electron chi connectivity index (χ1n) is 9.27. The second kappa shape index (κ2) is 13.1. The molecule has 0 saturated heterocycles. The van der Waals surface area contributed by atoms with E-state index in [2.05, 4.69) is 0 Å². The van der Waals surface area contributed by atoms with E-state index in [0.717, 1.165) is 11.1 Å². The minimum Gasteiger partial charge on any atom is -0.491 e. The van der Waals surface area contributed by atoms with Crippen LogP contribution in [0.1, 0.15) is 11.1 Å². The van der Waals surface area contributed by atoms with E-state index in [1.54, 1.807) is 24.3 Å². The van der Waals surface area contributed by atoms with E-state index in [-0.39, 0.29) is 33.2 Å². The Balaban J connectivity index is 1.60. The molecule has 0 amide bonds. The Morgan fingerprint density at radius 3 is 1.34 bits per heavy atom. The van der Waals surface area contributed by atoms with Gasteiger partial charge in [0.1, 0.15) is 43.7 Å². The molecule has 160 valence electrons. The molecule has 0 spiro atoms. The van der Waals surface area contributed by atoms with Crippen LogP contribution in [-0.2, 0) is 22.7 Å². The largest absolute Gasteiger partial charge is 0.491 e. The van der Waals surface area contributed by atoms with E-state index in [1.165, 1.54) is 0 Å². The summed E-state index contributed by atoms with van der Waals surface area (Å²) in [6.07, 6.45) is -1.78. The quantitative estimate of drug-likeness (QED) is 0.268. The van der Waals surface area contributed by atoms with Gasteiger partial charge >= 0.3 is 0 Å². The van der Waals surface area contributed by atoms with Crippen LogP contribution < -0.4 is 9.47 Å². The summed E-state index contributed by atoms with van der Waals surface area (Å²) in [7, 11) is 0. The van der Waals surface area contributed by atoms with Crippen molar-refractivity contribution >= 4 is 0 Å². The van der Waals surface area contributed by atoms with Gasteiger partial charge in [-0.3, -0.25) is 0 Å². The van der Waals surface area contributed by atoms with Gasteiger partial charge in [-0.05, 0) is 35.4 Å². The molecule has 2 aromatic rings. The van der Waals surface area contributed by atoms with Crippen LogP contribution in [0.2, 0.25) is 0 Å². The monoisotopic (exact) mass is 408 g/mol. The number of hydrogen-bond donors (Lipinski definition) is 4. The summed E-state index contributed by atoms with van der Waals surface area (Å²) in [6, 6.07) is 14.5. The van der Waals surface area contributed by atoms with Crippen LogP contribution in [0.4, 0.5) is 0 Å². The minimum absolute atomic E-state index is 0.0396. The van der Waals surface area contributed by atoms with Crippen molar-refractivity contribution in [2.45, 2.75) is 25.4 Å². The highest BCUT2D eigenvalue weighted by Crippen LogP contribution is 2.14. The van der Waals surface area contributed by atoms with Crippen molar-refractivity contribution in [2.24, 2.45) is 0 Å². The van der Waals surface area contributed by atoms with Crippen LogP contribution in [0.5, 0.6) is 11.5 Å². The molecule has 2 atom stereocenters. The van der Waals surface area contributed by atoms with Gasteiger partial charge in [-0.15, -0.1) is 0 Å². The molecule has 0 fully saturated rings. The molecule has 8 nitrogen and oxygen atoms in total. The zero-order chi connectivity index (χ0) is 20.9. The Kier molecular flexibility index (Phi) is 10.4. The van der Waals surface area contributed by atoms with Crippen LogP contribution >= 0.6 is 0 Å². The van der Waals surface area contributed by atoms with E-state index in [1.807, 2.05) is 24.3 Å². The molecule has 0 aromatic heterocycles. The van der Waals surface area contributed by atoms with E-state index < -0.39 is 12.2 Å². The van der Waals surface area contributed by atoms with Crippen molar-refractivity contribution < 1.29 is 39.4 Å². The summed E-state index contributed by atoms with van der Waals surface area (Å²) >= 11 is 0. The highest BCUT2D eigenvalue weighted by Gasteiger charge is 2.04. The number of aliphatic hydroxyl groups excluding tert-OH is 4. The van der Waals surface area contributed by atoms with E-state index >= 15 is 0 Å². The van der Waals surface area contributed by atoms with Gasteiger partial charge < -0.3 is 39.4 Å². The summed E-state index contributed by atoms with van der Waals surface area (Å²) in [5.41, 5.74) is 1.91. The maximum Gasteiger partial charge on any atom is 0.147 e. The van der Waals surface area contributed by atoms with Gasteiger partial charge in [-0.1, -0.05) is 24.3 Å². The number of benzene rings is 2. The number of aliphatic hydroxyl groups is 4. The lowest BCUT2D eigenvalue weighted by atomic mass is 10.2. The summed E-state index contributed by atoms with van der Waals surface area (Å²) in [6.45, 7) is 0.327. The maximum absolute atomic E-state index is 9.26. The Morgan fingerprint density at radius 1 is 0.621 bits per heavy atom. The first kappa shape index (κ1) is 23.1. The first-order chi connectivity index (χ1) is 14.1. The van der Waals surface area contributed by atoms with Crippen molar-refractivity contribution in [3.05, 3.63) is 59.7 Å². The fourth-order valence-electron chi connectivity index (χ4n) is 2.23. The molecule has 0 aliphatic carbocycles. The molecule has 0 bridgehead atoms. The number of ether oxygens (including phenoxy) is 4. The lowest BCUT2D eigenvalue weighted by molar-refractivity contribution is -0.0689. The van der Waals surface area contributed by atoms with Crippen LogP contribution in [0.15, 0.2) is 48.5 Å². The van der Waals surface area contributed by atoms with Gasteiger partial charge in [0.2, 0.25) is 0 Å². The van der Waals surface area contributed by atoms with E-state index in [4.69, 9.17) is 29.2 Å². The Hall–Kier alpha value is -2.20. The predicted octanol–water partition coefficient (Wildman–Crippen LogP) is 0.841. The van der Waals surface area contributed by atoms with E-state index in [0.29, 0.717) is 24.7 Å². The Labute approximate surface area is 169 Å². The average molecular weight is 408 g/mol. The molecular weight excluding hydrogens is 380 g/mol. The third kappa shape index (κ3) is 9.23. The van der Waals surface area contributed by atoms with Gasteiger partial charge in [0, 0.05) is 0 Å². The Morgan fingerprint density at radius 2 is 1.00 bits per heavy atom. The lowest BCUT2D eigenvalue weighted by Gasteiger charge is -2.11. The van der Waals surface area contributed by atoms with Crippen LogP contribution in [0.3, 0.4) is 0 Å². The van der Waals surface area contributed by atoms with Gasteiger partial charge in [-0.25, -0.2) is 0 Å². The van der Waals surface area contributed by atoms with Crippen molar-refractivity contribution in [1.29, 1.82) is 0 Å². The van der Waals surface area contributed by atoms with Gasteiger partial charge in [-0.2, -0.15) is 0 Å². The fraction of sp³-hybridized carbons (Fsp3) is 0.429. The zero-order valence-corrected chi connectivity index (χ0v) is 16.1. The topological polar surface area (TPSA) is 118 Å². The molecule has 8 heteroatoms. The van der Waals surface area contributed by atoms with Gasteiger partial charge in [0.15, 0.2) is 0 Å². The highest BCUT2D eigenvalue weighted by atomic mass is 16.7. The highest BCUT2D eigenvalue weighted by molar-refractivity contribution is 5.27. The molecule has 2 rings (SSSR count). The first-order valence-corrected chi connectivity index (χ1v) is 9.27. The second-order valence-electron chi connectivity index (χ2n) is 6.40. The average Bonchev–Trinajstić information content (AvgIpc) is 2.77. The molecule has 2 unspecified atom stereocenters. The third-order valence-electron chi connectivity index (χ3n) is 3.86. The molecule has 0 heterocycles. The molecular formula is C21H28O8. The van der Waals surface area contributed by atoms with Crippen LogP contribution in [0.25, 0.3) is 0 Å². The van der Waals surface area contributed by atoms with Crippen molar-refractivity contribution in [1.82, 2.24) is 0 Å². The molecule has 2 aromatic carbocycles. The smallest absolute Gasteiger partial charge is 0.147 e.